The Bertz CT molecular complexity index is 637. The SMILES string of the molecule is O=C(NC1CCCNC1)c1ccccc1COc1ccccc1. The Morgan fingerprint density at radius 1 is 1.13 bits per heavy atom. The van der Waals surface area contributed by atoms with Crippen LogP contribution in [-0.4, -0.2) is 25.0 Å². The van der Waals surface area contributed by atoms with E-state index in [1.807, 2.05) is 54.6 Å². The van der Waals surface area contributed by atoms with Gasteiger partial charge >= 0.3 is 0 Å². The minimum Gasteiger partial charge on any atom is -0.489 e. The van der Waals surface area contributed by atoms with Crippen LogP contribution in [0.15, 0.2) is 54.6 Å². The van der Waals surface area contributed by atoms with Gasteiger partial charge in [-0.2, -0.15) is 0 Å². The average Bonchev–Trinajstić information content (AvgIpc) is 2.62. The second kappa shape index (κ2) is 7.79. The molecule has 120 valence electrons. The van der Waals surface area contributed by atoms with Crippen molar-refractivity contribution in [2.24, 2.45) is 0 Å². The number of benzene rings is 2. The zero-order chi connectivity index (χ0) is 15.9. The van der Waals surface area contributed by atoms with Gasteiger partial charge in [0.05, 0.1) is 0 Å². The van der Waals surface area contributed by atoms with Gasteiger partial charge in [0.2, 0.25) is 0 Å². The van der Waals surface area contributed by atoms with E-state index in [1.54, 1.807) is 0 Å². The van der Waals surface area contributed by atoms with Crippen LogP contribution in [0.4, 0.5) is 0 Å². The maximum atomic E-state index is 12.6. The van der Waals surface area contributed by atoms with E-state index in [9.17, 15) is 4.79 Å². The molecule has 23 heavy (non-hydrogen) atoms. The lowest BCUT2D eigenvalue weighted by Gasteiger charge is -2.24. The second-order valence-electron chi connectivity index (χ2n) is 5.78. The smallest absolute Gasteiger partial charge is 0.251 e. The van der Waals surface area contributed by atoms with Crippen molar-refractivity contribution in [3.63, 3.8) is 0 Å². The first kappa shape index (κ1) is 15.6. The fourth-order valence-corrected chi connectivity index (χ4v) is 2.78. The van der Waals surface area contributed by atoms with Crippen LogP contribution in [-0.2, 0) is 6.61 Å². The molecule has 2 aromatic rings. The van der Waals surface area contributed by atoms with Crippen LogP contribution in [0.2, 0.25) is 0 Å². The van der Waals surface area contributed by atoms with Gasteiger partial charge in [0, 0.05) is 23.7 Å². The van der Waals surface area contributed by atoms with Gasteiger partial charge in [0.1, 0.15) is 12.4 Å². The number of ether oxygens (including phenoxy) is 1. The number of carbonyl (C=O) groups excluding carboxylic acids is 1. The zero-order valence-corrected chi connectivity index (χ0v) is 13.1. The Morgan fingerprint density at radius 2 is 1.91 bits per heavy atom. The summed E-state index contributed by atoms with van der Waals surface area (Å²) in [6.45, 7) is 2.26. The molecular formula is C19H22N2O2. The molecule has 1 atom stereocenters. The van der Waals surface area contributed by atoms with Crippen LogP contribution in [0.5, 0.6) is 5.75 Å². The van der Waals surface area contributed by atoms with Crippen molar-refractivity contribution in [3.8, 4) is 5.75 Å². The third-order valence-electron chi connectivity index (χ3n) is 4.03. The number of hydrogen-bond acceptors (Lipinski definition) is 3. The lowest BCUT2D eigenvalue weighted by molar-refractivity contribution is 0.0928. The van der Waals surface area contributed by atoms with Crippen molar-refractivity contribution < 1.29 is 9.53 Å². The molecule has 2 N–H and O–H groups in total. The fraction of sp³-hybridized carbons (Fsp3) is 0.316. The van der Waals surface area contributed by atoms with E-state index in [-0.39, 0.29) is 11.9 Å². The Morgan fingerprint density at radius 3 is 2.70 bits per heavy atom. The van der Waals surface area contributed by atoms with E-state index < -0.39 is 0 Å². The number of para-hydroxylation sites is 1. The Hall–Kier alpha value is -2.33. The van der Waals surface area contributed by atoms with Gasteiger partial charge in [-0.05, 0) is 37.6 Å². The molecule has 0 aliphatic carbocycles. The molecule has 0 bridgehead atoms. The molecule has 1 aliphatic rings. The van der Waals surface area contributed by atoms with Gasteiger partial charge in [0.15, 0.2) is 0 Å². The predicted octanol–water partition coefficient (Wildman–Crippen LogP) is 2.75. The Kier molecular flexibility index (Phi) is 5.27. The highest BCUT2D eigenvalue weighted by molar-refractivity contribution is 5.95. The van der Waals surface area contributed by atoms with Crippen molar-refractivity contribution >= 4 is 5.91 Å². The first-order valence-electron chi connectivity index (χ1n) is 8.10. The molecule has 4 nitrogen and oxygen atoms in total. The summed E-state index contributed by atoms with van der Waals surface area (Å²) >= 11 is 0. The lowest BCUT2D eigenvalue weighted by atomic mass is 10.0. The van der Waals surface area contributed by atoms with Gasteiger partial charge in [-0.25, -0.2) is 0 Å². The largest absolute Gasteiger partial charge is 0.489 e. The molecule has 0 radical (unpaired) electrons. The number of piperidine rings is 1. The van der Waals surface area contributed by atoms with Gasteiger partial charge in [-0.1, -0.05) is 36.4 Å². The number of rotatable bonds is 5. The summed E-state index contributed by atoms with van der Waals surface area (Å²) < 4.78 is 5.78. The number of hydrogen-bond donors (Lipinski definition) is 2. The quantitative estimate of drug-likeness (QED) is 0.893. The van der Waals surface area contributed by atoms with Crippen molar-refractivity contribution in [2.45, 2.75) is 25.5 Å². The van der Waals surface area contributed by atoms with Crippen LogP contribution < -0.4 is 15.4 Å². The van der Waals surface area contributed by atoms with Gasteiger partial charge in [-0.15, -0.1) is 0 Å². The van der Waals surface area contributed by atoms with E-state index in [1.165, 1.54) is 0 Å². The number of amides is 1. The number of carbonyl (C=O) groups is 1. The zero-order valence-electron chi connectivity index (χ0n) is 13.1. The maximum absolute atomic E-state index is 12.6. The third kappa shape index (κ3) is 4.33. The Balaban J connectivity index is 1.65. The highest BCUT2D eigenvalue weighted by atomic mass is 16.5. The highest BCUT2D eigenvalue weighted by Crippen LogP contribution is 2.15. The summed E-state index contributed by atoms with van der Waals surface area (Å²) in [5.74, 6) is 0.783. The van der Waals surface area contributed by atoms with Crippen LogP contribution in [0.3, 0.4) is 0 Å². The minimum atomic E-state index is -0.0223. The molecule has 1 unspecified atom stereocenters. The molecule has 1 fully saturated rings. The fourth-order valence-electron chi connectivity index (χ4n) is 2.78. The average molecular weight is 310 g/mol. The summed E-state index contributed by atoms with van der Waals surface area (Å²) in [7, 11) is 0. The molecule has 0 spiro atoms. The first-order valence-corrected chi connectivity index (χ1v) is 8.10. The minimum absolute atomic E-state index is 0.0223. The van der Waals surface area contributed by atoms with Crippen molar-refractivity contribution in [3.05, 3.63) is 65.7 Å². The lowest BCUT2D eigenvalue weighted by Crippen LogP contribution is -2.45. The summed E-state index contributed by atoms with van der Waals surface area (Å²) in [6.07, 6.45) is 2.13. The summed E-state index contributed by atoms with van der Waals surface area (Å²) in [5, 5.41) is 6.43. The van der Waals surface area contributed by atoms with E-state index in [2.05, 4.69) is 10.6 Å². The van der Waals surface area contributed by atoms with E-state index in [0.29, 0.717) is 12.2 Å². The monoisotopic (exact) mass is 310 g/mol. The van der Waals surface area contributed by atoms with Crippen molar-refractivity contribution in [1.29, 1.82) is 0 Å². The summed E-state index contributed by atoms with van der Waals surface area (Å²) in [6, 6.07) is 17.5. The molecule has 1 heterocycles. The molecule has 4 heteroatoms. The normalized spacial score (nSPS) is 17.5. The van der Waals surface area contributed by atoms with E-state index in [0.717, 1.165) is 37.2 Å². The van der Waals surface area contributed by atoms with Gasteiger partial charge in [0.25, 0.3) is 5.91 Å². The van der Waals surface area contributed by atoms with Crippen LogP contribution >= 0.6 is 0 Å². The summed E-state index contributed by atoms with van der Waals surface area (Å²) in [5.41, 5.74) is 1.59. The molecule has 0 saturated carbocycles. The number of nitrogens with one attached hydrogen (secondary N) is 2. The van der Waals surface area contributed by atoms with E-state index >= 15 is 0 Å². The van der Waals surface area contributed by atoms with Crippen molar-refractivity contribution in [2.75, 3.05) is 13.1 Å². The maximum Gasteiger partial charge on any atom is 0.251 e. The highest BCUT2D eigenvalue weighted by Gasteiger charge is 2.18. The van der Waals surface area contributed by atoms with Gasteiger partial charge < -0.3 is 15.4 Å². The topological polar surface area (TPSA) is 50.4 Å². The standard InChI is InChI=1S/C19H22N2O2/c22-19(21-16-8-6-12-20-13-16)18-11-5-4-7-15(18)14-23-17-9-2-1-3-10-17/h1-5,7,9-11,16,20H,6,8,12-14H2,(H,21,22). The van der Waals surface area contributed by atoms with Crippen LogP contribution in [0, 0.1) is 0 Å². The molecule has 0 aromatic heterocycles. The molecule has 1 aliphatic heterocycles. The van der Waals surface area contributed by atoms with E-state index in [4.69, 9.17) is 4.74 Å². The van der Waals surface area contributed by atoms with Crippen LogP contribution in [0.1, 0.15) is 28.8 Å². The Labute approximate surface area is 136 Å². The van der Waals surface area contributed by atoms with Gasteiger partial charge in [-0.3, -0.25) is 4.79 Å². The molecule has 3 rings (SSSR count). The van der Waals surface area contributed by atoms with Crippen LogP contribution in [0.25, 0.3) is 0 Å². The predicted molar refractivity (Wildman–Crippen MR) is 90.6 cm³/mol. The molecule has 2 aromatic carbocycles. The van der Waals surface area contributed by atoms with Crippen molar-refractivity contribution in [1.82, 2.24) is 10.6 Å². The summed E-state index contributed by atoms with van der Waals surface area (Å²) in [4.78, 5) is 12.6. The molecular weight excluding hydrogens is 288 g/mol. The first-order chi connectivity index (χ1) is 11.3. The third-order valence-corrected chi connectivity index (χ3v) is 4.03. The molecule has 1 saturated heterocycles. The second-order valence-corrected chi connectivity index (χ2v) is 5.78. The molecule has 1 amide bonds.